The van der Waals surface area contributed by atoms with Crippen molar-refractivity contribution in [3.63, 3.8) is 0 Å². The van der Waals surface area contributed by atoms with E-state index < -0.39 is 0 Å². The lowest BCUT2D eigenvalue weighted by Crippen LogP contribution is -2.01. The monoisotopic (exact) mass is 265 g/mol. The molecule has 0 aliphatic rings. The Kier molecular flexibility index (Phi) is 5.11. The van der Waals surface area contributed by atoms with Gasteiger partial charge in [0, 0.05) is 17.3 Å². The lowest BCUT2D eigenvalue weighted by atomic mass is 10.0. The quantitative estimate of drug-likeness (QED) is 0.739. The number of rotatable bonds is 5. The van der Waals surface area contributed by atoms with Gasteiger partial charge in [0.2, 0.25) is 0 Å². The molecule has 1 atom stereocenters. The second-order valence-corrected chi connectivity index (χ2v) is 5.11. The second kappa shape index (κ2) is 7.04. The van der Waals surface area contributed by atoms with Gasteiger partial charge >= 0.3 is 0 Å². The van der Waals surface area contributed by atoms with Crippen LogP contribution in [0.3, 0.4) is 0 Å². The van der Waals surface area contributed by atoms with E-state index >= 15 is 0 Å². The van der Waals surface area contributed by atoms with Gasteiger partial charge in [-0.2, -0.15) is 0 Å². The third-order valence-electron chi connectivity index (χ3n) is 3.65. The van der Waals surface area contributed by atoms with Crippen LogP contribution in [0.25, 0.3) is 6.08 Å². The summed E-state index contributed by atoms with van der Waals surface area (Å²) in [7, 11) is 0. The van der Waals surface area contributed by atoms with Gasteiger partial charge in [0.25, 0.3) is 0 Å². The predicted octanol–water partition coefficient (Wildman–Crippen LogP) is 5.02. The van der Waals surface area contributed by atoms with Gasteiger partial charge in [0.1, 0.15) is 0 Å². The van der Waals surface area contributed by atoms with Crippen LogP contribution in [0.4, 0.5) is 0 Å². The summed E-state index contributed by atoms with van der Waals surface area (Å²) in [6.45, 7) is 6.57. The summed E-state index contributed by atoms with van der Waals surface area (Å²) in [5.74, 6) is 0.339. The van der Waals surface area contributed by atoms with Crippen LogP contribution in [0, 0.1) is 0 Å². The number of benzene rings is 1. The van der Waals surface area contributed by atoms with Crippen molar-refractivity contribution in [3.05, 3.63) is 71.1 Å². The van der Waals surface area contributed by atoms with Crippen LogP contribution in [0.2, 0.25) is 0 Å². The molecule has 0 spiro atoms. The first-order chi connectivity index (χ1) is 9.74. The van der Waals surface area contributed by atoms with Crippen molar-refractivity contribution in [3.8, 4) is 0 Å². The van der Waals surface area contributed by atoms with Gasteiger partial charge in [-0.15, -0.1) is 0 Å². The van der Waals surface area contributed by atoms with Crippen molar-refractivity contribution in [2.75, 3.05) is 0 Å². The fraction of sp³-hybridized carbons (Fsp3) is 0.316. The fourth-order valence-electron chi connectivity index (χ4n) is 2.35. The fourth-order valence-corrected chi connectivity index (χ4v) is 2.35. The smallest absolute Gasteiger partial charge is 0.0473 e. The van der Waals surface area contributed by atoms with Crippen molar-refractivity contribution in [1.82, 2.24) is 4.98 Å². The Morgan fingerprint density at radius 3 is 2.40 bits per heavy atom. The first kappa shape index (κ1) is 14.5. The zero-order chi connectivity index (χ0) is 14.4. The number of hydrogen-bond donors (Lipinski definition) is 0. The molecule has 1 heteroatoms. The number of aryl methyl sites for hydroxylation is 2. The molecule has 104 valence electrons. The van der Waals surface area contributed by atoms with Crippen molar-refractivity contribution in [2.24, 2.45) is 0 Å². The van der Waals surface area contributed by atoms with Crippen LogP contribution >= 0.6 is 0 Å². The van der Waals surface area contributed by atoms with E-state index in [-0.39, 0.29) is 0 Å². The Hall–Kier alpha value is -1.89. The maximum Gasteiger partial charge on any atom is 0.0473 e. The van der Waals surface area contributed by atoms with E-state index in [2.05, 4.69) is 69.3 Å². The number of pyridine rings is 1. The van der Waals surface area contributed by atoms with Gasteiger partial charge < -0.3 is 0 Å². The SMILES string of the molecule is CCc1ccc(C(C)C=Cc2ccccc2)nc1CC. The summed E-state index contributed by atoms with van der Waals surface area (Å²) in [6.07, 6.45) is 6.46. The summed E-state index contributed by atoms with van der Waals surface area (Å²) in [4.78, 5) is 4.82. The molecular formula is C19H23N. The number of hydrogen-bond acceptors (Lipinski definition) is 1. The van der Waals surface area contributed by atoms with Crippen LogP contribution in [-0.4, -0.2) is 4.98 Å². The minimum absolute atomic E-state index is 0.339. The summed E-state index contributed by atoms with van der Waals surface area (Å²) in [5, 5.41) is 0. The van der Waals surface area contributed by atoms with Crippen LogP contribution in [-0.2, 0) is 12.8 Å². The first-order valence-electron chi connectivity index (χ1n) is 7.46. The largest absolute Gasteiger partial charge is 0.257 e. The lowest BCUT2D eigenvalue weighted by molar-refractivity contribution is 0.859. The number of nitrogens with zero attached hydrogens (tertiary/aromatic N) is 1. The van der Waals surface area contributed by atoms with E-state index in [1.807, 2.05) is 6.07 Å². The maximum atomic E-state index is 4.82. The topological polar surface area (TPSA) is 12.9 Å². The molecule has 0 aliphatic carbocycles. The molecule has 20 heavy (non-hydrogen) atoms. The molecule has 1 unspecified atom stereocenters. The molecular weight excluding hydrogens is 242 g/mol. The zero-order valence-electron chi connectivity index (χ0n) is 12.6. The van der Waals surface area contributed by atoms with Gasteiger partial charge in [-0.25, -0.2) is 0 Å². The average molecular weight is 265 g/mol. The van der Waals surface area contributed by atoms with E-state index in [9.17, 15) is 0 Å². The molecule has 0 radical (unpaired) electrons. The normalized spacial score (nSPS) is 12.8. The Bertz CT molecular complexity index is 570. The Balaban J connectivity index is 2.17. The highest BCUT2D eigenvalue weighted by atomic mass is 14.7. The Labute approximate surface area is 122 Å². The Morgan fingerprint density at radius 2 is 1.75 bits per heavy atom. The highest BCUT2D eigenvalue weighted by Crippen LogP contribution is 2.19. The lowest BCUT2D eigenvalue weighted by Gasteiger charge is -2.11. The molecule has 0 bridgehead atoms. The molecule has 1 nitrogen and oxygen atoms in total. The van der Waals surface area contributed by atoms with E-state index in [1.54, 1.807) is 0 Å². The molecule has 0 saturated heterocycles. The van der Waals surface area contributed by atoms with Gasteiger partial charge in [0.05, 0.1) is 0 Å². The van der Waals surface area contributed by atoms with Crippen LogP contribution < -0.4 is 0 Å². The number of allylic oxidation sites excluding steroid dienone is 1. The molecule has 2 aromatic rings. The van der Waals surface area contributed by atoms with E-state index in [0.717, 1.165) is 18.5 Å². The van der Waals surface area contributed by atoms with Gasteiger partial charge in [-0.05, 0) is 30.0 Å². The molecule has 0 saturated carbocycles. The zero-order valence-corrected chi connectivity index (χ0v) is 12.6. The second-order valence-electron chi connectivity index (χ2n) is 5.11. The van der Waals surface area contributed by atoms with Crippen molar-refractivity contribution >= 4 is 6.08 Å². The van der Waals surface area contributed by atoms with E-state index in [4.69, 9.17) is 4.98 Å². The number of aromatic nitrogens is 1. The van der Waals surface area contributed by atoms with Gasteiger partial charge in [0.15, 0.2) is 0 Å². The van der Waals surface area contributed by atoms with Crippen molar-refractivity contribution in [2.45, 2.75) is 39.5 Å². The van der Waals surface area contributed by atoms with Crippen molar-refractivity contribution in [1.29, 1.82) is 0 Å². The maximum absolute atomic E-state index is 4.82. The van der Waals surface area contributed by atoms with Crippen molar-refractivity contribution < 1.29 is 0 Å². The minimum Gasteiger partial charge on any atom is -0.257 e. The van der Waals surface area contributed by atoms with Crippen LogP contribution in [0.1, 0.15) is 49.2 Å². The average Bonchev–Trinajstić information content (AvgIpc) is 2.52. The van der Waals surface area contributed by atoms with Gasteiger partial charge in [-0.1, -0.05) is 69.3 Å². The molecule has 0 amide bonds. The van der Waals surface area contributed by atoms with E-state index in [0.29, 0.717) is 5.92 Å². The molecule has 1 aromatic heterocycles. The summed E-state index contributed by atoms with van der Waals surface area (Å²) in [5.41, 5.74) is 5.01. The molecule has 1 heterocycles. The summed E-state index contributed by atoms with van der Waals surface area (Å²) in [6, 6.07) is 14.8. The summed E-state index contributed by atoms with van der Waals surface area (Å²) >= 11 is 0. The molecule has 0 N–H and O–H groups in total. The molecule has 2 rings (SSSR count). The van der Waals surface area contributed by atoms with E-state index in [1.165, 1.54) is 16.8 Å². The van der Waals surface area contributed by atoms with Gasteiger partial charge in [-0.3, -0.25) is 4.98 Å². The highest BCUT2D eigenvalue weighted by Gasteiger charge is 2.07. The minimum atomic E-state index is 0.339. The summed E-state index contributed by atoms with van der Waals surface area (Å²) < 4.78 is 0. The van der Waals surface area contributed by atoms with Crippen LogP contribution in [0.5, 0.6) is 0 Å². The first-order valence-corrected chi connectivity index (χ1v) is 7.46. The highest BCUT2D eigenvalue weighted by molar-refractivity contribution is 5.50. The molecule has 0 aliphatic heterocycles. The predicted molar refractivity (Wildman–Crippen MR) is 86.9 cm³/mol. The third kappa shape index (κ3) is 3.57. The van der Waals surface area contributed by atoms with Crippen LogP contribution in [0.15, 0.2) is 48.5 Å². The third-order valence-corrected chi connectivity index (χ3v) is 3.65. The standard InChI is InChI=1S/C19H23N/c1-4-17-13-14-19(20-18(17)5-2)15(3)11-12-16-9-7-6-8-10-16/h6-15H,4-5H2,1-3H3. The Morgan fingerprint density at radius 1 is 1.00 bits per heavy atom. The molecule has 0 fully saturated rings. The molecule has 1 aromatic carbocycles.